The van der Waals surface area contributed by atoms with Gasteiger partial charge in [-0.15, -0.1) is 0 Å². The molecular formula is C49H30N4OS. The molecule has 11 rings (SSSR count). The minimum Gasteiger partial charge on any atom is -0.309 e. The van der Waals surface area contributed by atoms with Gasteiger partial charge in [0.25, 0.3) is 0 Å². The fourth-order valence-electron chi connectivity index (χ4n) is 8.57. The lowest BCUT2D eigenvalue weighted by atomic mass is 10.1. The number of benzene rings is 8. The van der Waals surface area contributed by atoms with Crippen LogP contribution < -0.4 is 0 Å². The van der Waals surface area contributed by atoms with E-state index in [4.69, 9.17) is 0 Å². The second kappa shape index (κ2) is 12.2. The van der Waals surface area contributed by atoms with Crippen LogP contribution in [0.5, 0.6) is 0 Å². The molecule has 0 bridgehead atoms. The van der Waals surface area contributed by atoms with Crippen LogP contribution in [-0.2, 0) is 10.8 Å². The van der Waals surface area contributed by atoms with E-state index in [1.54, 1.807) is 24.3 Å². The topological polar surface area (TPSA) is 55.6 Å². The summed E-state index contributed by atoms with van der Waals surface area (Å²) < 4.78 is 21.0. The molecule has 0 fully saturated rings. The van der Waals surface area contributed by atoms with E-state index >= 15 is 0 Å². The number of nitriles is 1. The summed E-state index contributed by atoms with van der Waals surface area (Å²) in [5.74, 6) is 0. The maximum absolute atomic E-state index is 13.8. The first-order chi connectivity index (χ1) is 27.2. The van der Waals surface area contributed by atoms with E-state index in [1.807, 2.05) is 12.1 Å². The molecule has 0 radical (unpaired) electrons. The largest absolute Gasteiger partial charge is 0.309 e. The summed E-state index contributed by atoms with van der Waals surface area (Å²) in [6.45, 7) is 0. The monoisotopic (exact) mass is 722 g/mol. The van der Waals surface area contributed by atoms with Gasteiger partial charge in [-0.3, -0.25) is 0 Å². The molecule has 1 unspecified atom stereocenters. The Kier molecular flexibility index (Phi) is 6.94. The molecule has 0 aliphatic carbocycles. The Bertz CT molecular complexity index is 3200. The van der Waals surface area contributed by atoms with Crippen molar-refractivity contribution in [2.24, 2.45) is 0 Å². The zero-order valence-electron chi connectivity index (χ0n) is 29.4. The van der Waals surface area contributed by atoms with E-state index in [0.717, 1.165) is 50.2 Å². The lowest BCUT2D eigenvalue weighted by Gasteiger charge is -2.12. The van der Waals surface area contributed by atoms with E-state index in [-0.39, 0.29) is 0 Å². The van der Waals surface area contributed by atoms with Crippen LogP contribution in [-0.4, -0.2) is 17.9 Å². The molecule has 5 nitrogen and oxygen atoms in total. The zero-order chi connectivity index (χ0) is 36.6. The van der Waals surface area contributed by atoms with Crippen molar-refractivity contribution in [1.29, 1.82) is 5.26 Å². The number of rotatable bonds is 5. The minimum atomic E-state index is -1.41. The van der Waals surface area contributed by atoms with Crippen molar-refractivity contribution in [3.05, 3.63) is 188 Å². The van der Waals surface area contributed by atoms with Crippen LogP contribution in [0.3, 0.4) is 0 Å². The van der Waals surface area contributed by atoms with Gasteiger partial charge in [-0.1, -0.05) is 84.9 Å². The van der Waals surface area contributed by atoms with Gasteiger partial charge in [0.05, 0.1) is 55.5 Å². The van der Waals surface area contributed by atoms with Gasteiger partial charge < -0.3 is 13.7 Å². The lowest BCUT2D eigenvalue weighted by molar-refractivity contribution is 0.683. The van der Waals surface area contributed by atoms with E-state index in [0.29, 0.717) is 15.4 Å². The molecule has 1 atom stereocenters. The highest BCUT2D eigenvalue weighted by molar-refractivity contribution is 7.85. The predicted octanol–water partition coefficient (Wildman–Crippen LogP) is 12.0. The molecule has 3 aromatic heterocycles. The summed E-state index contributed by atoms with van der Waals surface area (Å²) in [6.07, 6.45) is 0. The van der Waals surface area contributed by atoms with Crippen LogP contribution in [0.1, 0.15) is 5.56 Å². The summed E-state index contributed by atoms with van der Waals surface area (Å²) in [7, 11) is -1.41. The molecular weight excluding hydrogens is 693 g/mol. The number of nitrogens with zero attached hydrogens (tertiary/aromatic N) is 4. The molecule has 55 heavy (non-hydrogen) atoms. The number of fused-ring (bicyclic) bond motifs is 11. The highest BCUT2D eigenvalue weighted by Crippen LogP contribution is 2.46. The highest BCUT2D eigenvalue weighted by Gasteiger charge is 2.24. The van der Waals surface area contributed by atoms with E-state index < -0.39 is 10.8 Å². The third kappa shape index (κ3) is 4.61. The molecule has 0 saturated carbocycles. The van der Waals surface area contributed by atoms with Crippen LogP contribution in [0.25, 0.3) is 82.5 Å². The molecule has 0 N–H and O–H groups in total. The van der Waals surface area contributed by atoms with Gasteiger partial charge in [-0.05, 0) is 97.1 Å². The average molecular weight is 723 g/mol. The fraction of sp³-hybridized carbons (Fsp3) is 0. The molecule has 0 saturated heterocycles. The third-order valence-electron chi connectivity index (χ3n) is 10.9. The summed E-state index contributed by atoms with van der Waals surface area (Å²) in [6, 6.07) is 64.9. The molecule has 6 heteroatoms. The Morgan fingerprint density at radius 3 is 1.27 bits per heavy atom. The Balaban J connectivity index is 1.28. The van der Waals surface area contributed by atoms with Gasteiger partial charge in [-0.2, -0.15) is 5.26 Å². The zero-order valence-corrected chi connectivity index (χ0v) is 30.2. The van der Waals surface area contributed by atoms with E-state index in [1.165, 1.54) is 32.3 Å². The van der Waals surface area contributed by atoms with Crippen LogP contribution in [0, 0.1) is 11.3 Å². The van der Waals surface area contributed by atoms with Crippen molar-refractivity contribution in [1.82, 2.24) is 13.7 Å². The van der Waals surface area contributed by atoms with Crippen LogP contribution >= 0.6 is 0 Å². The maximum atomic E-state index is 13.8. The second-order valence-corrected chi connectivity index (χ2v) is 15.3. The van der Waals surface area contributed by atoms with Gasteiger partial charge in [0, 0.05) is 59.2 Å². The van der Waals surface area contributed by atoms with Crippen molar-refractivity contribution in [3.8, 4) is 23.1 Å². The fourth-order valence-corrected chi connectivity index (χ4v) is 9.61. The summed E-state index contributed by atoms with van der Waals surface area (Å²) in [4.78, 5) is 1.36. The third-order valence-corrected chi connectivity index (χ3v) is 12.3. The Labute approximate surface area is 318 Å². The van der Waals surface area contributed by atoms with Gasteiger partial charge in [0.15, 0.2) is 0 Å². The number of hydrogen-bond acceptors (Lipinski definition) is 2. The molecule has 0 aliphatic heterocycles. The highest BCUT2D eigenvalue weighted by atomic mass is 32.2. The van der Waals surface area contributed by atoms with Crippen LogP contribution in [0.2, 0.25) is 0 Å². The lowest BCUT2D eigenvalue weighted by Crippen LogP contribution is -1.98. The molecule has 0 spiro atoms. The first kappa shape index (κ1) is 31.3. The molecule has 0 aliphatic rings. The van der Waals surface area contributed by atoms with Crippen LogP contribution in [0.4, 0.5) is 0 Å². The predicted molar refractivity (Wildman–Crippen MR) is 225 cm³/mol. The summed E-state index contributed by atoms with van der Waals surface area (Å²) in [5, 5.41) is 16.3. The van der Waals surface area contributed by atoms with Gasteiger partial charge in [-0.25, -0.2) is 4.21 Å². The first-order valence-corrected chi connectivity index (χ1v) is 19.4. The first-order valence-electron chi connectivity index (χ1n) is 18.3. The summed E-state index contributed by atoms with van der Waals surface area (Å²) in [5.41, 5.74) is 10.6. The second-order valence-electron chi connectivity index (χ2n) is 13.8. The summed E-state index contributed by atoms with van der Waals surface area (Å²) >= 11 is 0. The number of hydrogen-bond donors (Lipinski definition) is 0. The standard InChI is InChI=1S/C49H30N4OS/c50-31-32-19-23-36(24-20-32)55(54)37-25-21-35(22-26-37)53-48-38(27-29-44-46(48)40-15-7-9-17-42(40)51(44)33-11-3-1-4-12-33)39-28-30-45-47(49(39)53)41-16-8-10-18-43(41)52(45)34-13-5-2-6-14-34/h1-30H. The van der Waals surface area contributed by atoms with Crippen molar-refractivity contribution in [2.45, 2.75) is 9.79 Å². The number of para-hydroxylation sites is 4. The van der Waals surface area contributed by atoms with Gasteiger partial charge in [0.1, 0.15) is 0 Å². The normalized spacial score (nSPS) is 12.3. The molecule has 11 aromatic rings. The molecule has 258 valence electrons. The Morgan fingerprint density at radius 2 is 0.800 bits per heavy atom. The van der Waals surface area contributed by atoms with Crippen molar-refractivity contribution >= 4 is 76.2 Å². The van der Waals surface area contributed by atoms with Gasteiger partial charge >= 0.3 is 0 Å². The van der Waals surface area contributed by atoms with Crippen molar-refractivity contribution in [3.63, 3.8) is 0 Å². The van der Waals surface area contributed by atoms with Crippen molar-refractivity contribution in [2.75, 3.05) is 0 Å². The average Bonchev–Trinajstić information content (AvgIpc) is 3.90. The van der Waals surface area contributed by atoms with Gasteiger partial charge in [0.2, 0.25) is 0 Å². The SMILES string of the molecule is N#Cc1ccc(S(=O)c2ccc(-n3c4c(ccc5c4c4ccccc4n5-c4ccccc4)c4ccc5c(c6ccccc6n5-c5ccccc5)c43)cc2)cc1. The maximum Gasteiger partial charge on any atom is 0.0991 e. The van der Waals surface area contributed by atoms with E-state index in [9.17, 15) is 9.47 Å². The quantitative estimate of drug-likeness (QED) is 0.178. The molecule has 8 aromatic carbocycles. The number of aromatic nitrogens is 3. The Morgan fingerprint density at radius 1 is 0.382 bits per heavy atom. The minimum absolute atomic E-state index is 0.544. The van der Waals surface area contributed by atoms with E-state index in [2.05, 4.69) is 165 Å². The smallest absolute Gasteiger partial charge is 0.0991 e. The van der Waals surface area contributed by atoms with Crippen LogP contribution in [0.15, 0.2) is 192 Å². The molecule has 3 heterocycles. The Hall–Kier alpha value is -7.20. The van der Waals surface area contributed by atoms with Crippen molar-refractivity contribution < 1.29 is 4.21 Å². The molecule has 0 amide bonds.